The van der Waals surface area contributed by atoms with Crippen LogP contribution in [0.15, 0.2) is 47.4 Å². The molecule has 2 rings (SSSR count). The minimum Gasteiger partial charge on any atom is -0.323 e. The Balaban J connectivity index is 2.00. The van der Waals surface area contributed by atoms with Crippen LogP contribution < -0.4 is 5.73 Å². The first-order valence-corrected chi connectivity index (χ1v) is 7.56. The Bertz CT molecular complexity index is 525. The Morgan fingerprint density at radius 1 is 0.895 bits per heavy atom. The van der Waals surface area contributed by atoms with E-state index < -0.39 is 0 Å². The Kier molecular flexibility index (Phi) is 4.67. The van der Waals surface area contributed by atoms with Crippen molar-refractivity contribution in [2.75, 3.05) is 5.75 Å². The van der Waals surface area contributed by atoms with Crippen LogP contribution in [0.1, 0.15) is 28.3 Å². The maximum absolute atomic E-state index is 6.29. The molecule has 0 saturated heterocycles. The van der Waals surface area contributed by atoms with E-state index in [0.717, 1.165) is 5.75 Å². The van der Waals surface area contributed by atoms with E-state index in [1.165, 1.54) is 27.1 Å². The zero-order chi connectivity index (χ0) is 13.8. The molecule has 0 heterocycles. The number of thioether (sulfide) groups is 1. The Labute approximate surface area is 120 Å². The first kappa shape index (κ1) is 14.2. The van der Waals surface area contributed by atoms with Crippen molar-refractivity contribution >= 4 is 11.8 Å². The van der Waals surface area contributed by atoms with E-state index in [1.54, 1.807) is 0 Å². The minimum atomic E-state index is 0.0879. The van der Waals surface area contributed by atoms with Gasteiger partial charge in [0.2, 0.25) is 0 Å². The average molecular weight is 271 g/mol. The highest BCUT2D eigenvalue weighted by Gasteiger charge is 2.07. The molecule has 0 bridgehead atoms. The molecule has 2 aromatic carbocycles. The summed E-state index contributed by atoms with van der Waals surface area (Å²) in [6, 6.07) is 15.3. The topological polar surface area (TPSA) is 26.0 Å². The zero-order valence-electron chi connectivity index (χ0n) is 11.8. The van der Waals surface area contributed by atoms with Gasteiger partial charge in [0.1, 0.15) is 0 Å². The van der Waals surface area contributed by atoms with Crippen LogP contribution in [-0.4, -0.2) is 5.75 Å². The van der Waals surface area contributed by atoms with Gasteiger partial charge in [-0.2, -0.15) is 0 Å². The summed E-state index contributed by atoms with van der Waals surface area (Å²) in [6.07, 6.45) is 0. The van der Waals surface area contributed by atoms with Crippen molar-refractivity contribution in [3.05, 3.63) is 64.7 Å². The van der Waals surface area contributed by atoms with Crippen LogP contribution in [-0.2, 0) is 0 Å². The maximum atomic E-state index is 6.29. The molecule has 2 N–H and O–H groups in total. The van der Waals surface area contributed by atoms with Gasteiger partial charge >= 0.3 is 0 Å². The van der Waals surface area contributed by atoms with Crippen LogP contribution in [0.2, 0.25) is 0 Å². The van der Waals surface area contributed by atoms with Crippen molar-refractivity contribution in [3.8, 4) is 0 Å². The van der Waals surface area contributed by atoms with Crippen LogP contribution in [0.25, 0.3) is 0 Å². The third kappa shape index (κ3) is 4.12. The molecule has 1 unspecified atom stereocenters. The molecule has 0 fully saturated rings. The standard InChI is InChI=1S/C17H21NS/c1-12-4-6-16(7-5-12)19-11-17(18)15-9-13(2)8-14(3)10-15/h4-10,17H,11,18H2,1-3H3. The van der Waals surface area contributed by atoms with Gasteiger partial charge in [0.15, 0.2) is 0 Å². The molecule has 2 aromatic rings. The van der Waals surface area contributed by atoms with Crippen molar-refractivity contribution < 1.29 is 0 Å². The SMILES string of the molecule is Cc1ccc(SCC(N)c2cc(C)cc(C)c2)cc1. The van der Waals surface area contributed by atoms with E-state index in [-0.39, 0.29) is 6.04 Å². The molecule has 0 amide bonds. The van der Waals surface area contributed by atoms with Gasteiger partial charge in [-0.3, -0.25) is 0 Å². The lowest BCUT2D eigenvalue weighted by Gasteiger charge is -2.13. The van der Waals surface area contributed by atoms with Crippen LogP contribution in [0.3, 0.4) is 0 Å². The molecule has 0 aliphatic heterocycles. The molecule has 0 aliphatic rings. The molecule has 0 aromatic heterocycles. The van der Waals surface area contributed by atoms with Gasteiger partial charge in [-0.05, 0) is 38.5 Å². The van der Waals surface area contributed by atoms with Crippen molar-refractivity contribution in [1.82, 2.24) is 0 Å². The summed E-state index contributed by atoms with van der Waals surface area (Å²) in [6.45, 7) is 6.35. The number of benzene rings is 2. The Hall–Kier alpha value is -1.25. The fourth-order valence-corrected chi connectivity index (χ4v) is 3.03. The summed E-state index contributed by atoms with van der Waals surface area (Å²) < 4.78 is 0. The van der Waals surface area contributed by atoms with E-state index >= 15 is 0 Å². The van der Waals surface area contributed by atoms with Crippen molar-refractivity contribution in [2.24, 2.45) is 5.73 Å². The number of hydrogen-bond acceptors (Lipinski definition) is 2. The summed E-state index contributed by atoms with van der Waals surface area (Å²) in [5.41, 5.74) is 11.4. The molecule has 1 nitrogen and oxygen atoms in total. The highest BCUT2D eigenvalue weighted by Crippen LogP contribution is 2.24. The molecular formula is C17H21NS. The van der Waals surface area contributed by atoms with Gasteiger partial charge in [-0.25, -0.2) is 0 Å². The fourth-order valence-electron chi connectivity index (χ4n) is 2.14. The van der Waals surface area contributed by atoms with Crippen LogP contribution >= 0.6 is 11.8 Å². The van der Waals surface area contributed by atoms with Crippen molar-refractivity contribution in [3.63, 3.8) is 0 Å². The molecule has 0 radical (unpaired) electrons. The zero-order valence-corrected chi connectivity index (χ0v) is 12.6. The molecule has 1 atom stereocenters. The second-order valence-electron chi connectivity index (χ2n) is 5.15. The largest absolute Gasteiger partial charge is 0.323 e. The number of hydrogen-bond donors (Lipinski definition) is 1. The minimum absolute atomic E-state index is 0.0879. The lowest BCUT2D eigenvalue weighted by Crippen LogP contribution is -2.13. The molecule has 19 heavy (non-hydrogen) atoms. The Morgan fingerprint density at radius 3 is 2.05 bits per heavy atom. The summed E-state index contributed by atoms with van der Waals surface area (Å²) in [5.74, 6) is 0.909. The summed E-state index contributed by atoms with van der Waals surface area (Å²) >= 11 is 1.82. The van der Waals surface area contributed by atoms with Crippen LogP contribution in [0.4, 0.5) is 0 Å². The smallest absolute Gasteiger partial charge is 0.0390 e. The van der Waals surface area contributed by atoms with E-state index in [9.17, 15) is 0 Å². The van der Waals surface area contributed by atoms with Crippen molar-refractivity contribution in [1.29, 1.82) is 0 Å². The summed E-state index contributed by atoms with van der Waals surface area (Å²) in [4.78, 5) is 1.28. The predicted molar refractivity (Wildman–Crippen MR) is 84.7 cm³/mol. The molecule has 100 valence electrons. The van der Waals surface area contributed by atoms with Gasteiger partial charge in [0.25, 0.3) is 0 Å². The average Bonchev–Trinajstić information content (AvgIpc) is 2.36. The quantitative estimate of drug-likeness (QED) is 0.834. The summed E-state index contributed by atoms with van der Waals surface area (Å²) in [5, 5.41) is 0. The predicted octanol–water partition coefficient (Wildman–Crippen LogP) is 4.40. The number of rotatable bonds is 4. The highest BCUT2D eigenvalue weighted by atomic mass is 32.2. The van der Waals surface area contributed by atoms with Gasteiger partial charge in [0.05, 0.1) is 0 Å². The lowest BCUT2D eigenvalue weighted by molar-refractivity contribution is 0.828. The molecule has 0 saturated carbocycles. The molecule has 2 heteroatoms. The number of nitrogens with two attached hydrogens (primary N) is 1. The van der Waals surface area contributed by atoms with E-state index in [0.29, 0.717) is 0 Å². The van der Waals surface area contributed by atoms with Gasteiger partial charge < -0.3 is 5.73 Å². The second kappa shape index (κ2) is 6.27. The second-order valence-corrected chi connectivity index (χ2v) is 6.25. The fraction of sp³-hybridized carbons (Fsp3) is 0.294. The molecule has 0 spiro atoms. The normalized spacial score (nSPS) is 12.4. The van der Waals surface area contributed by atoms with E-state index in [2.05, 4.69) is 63.2 Å². The van der Waals surface area contributed by atoms with Crippen LogP contribution in [0.5, 0.6) is 0 Å². The first-order chi connectivity index (χ1) is 9.04. The lowest BCUT2D eigenvalue weighted by atomic mass is 10.0. The molecular weight excluding hydrogens is 250 g/mol. The highest BCUT2D eigenvalue weighted by molar-refractivity contribution is 7.99. The third-order valence-electron chi connectivity index (χ3n) is 3.12. The number of aryl methyl sites for hydroxylation is 3. The van der Waals surface area contributed by atoms with Gasteiger partial charge in [-0.1, -0.05) is 47.0 Å². The van der Waals surface area contributed by atoms with E-state index in [1.807, 2.05) is 11.8 Å². The van der Waals surface area contributed by atoms with Crippen LogP contribution in [0, 0.1) is 20.8 Å². The maximum Gasteiger partial charge on any atom is 0.0390 e. The first-order valence-electron chi connectivity index (χ1n) is 6.58. The Morgan fingerprint density at radius 2 is 1.47 bits per heavy atom. The van der Waals surface area contributed by atoms with Gasteiger partial charge in [-0.15, -0.1) is 11.8 Å². The monoisotopic (exact) mass is 271 g/mol. The third-order valence-corrected chi connectivity index (χ3v) is 4.25. The van der Waals surface area contributed by atoms with Gasteiger partial charge in [0, 0.05) is 16.7 Å². The van der Waals surface area contributed by atoms with E-state index in [4.69, 9.17) is 5.73 Å². The van der Waals surface area contributed by atoms with Crippen molar-refractivity contribution in [2.45, 2.75) is 31.7 Å². The summed E-state index contributed by atoms with van der Waals surface area (Å²) in [7, 11) is 0. The molecule has 0 aliphatic carbocycles.